The molecule has 0 aromatic heterocycles. The number of carboxylic acid groups (broad SMARTS) is 1. The molecule has 1 atom stereocenters. The van der Waals surface area contributed by atoms with Crippen molar-refractivity contribution in [3.05, 3.63) is 35.4 Å². The summed E-state index contributed by atoms with van der Waals surface area (Å²) < 4.78 is 12.0. The predicted octanol–water partition coefficient (Wildman–Crippen LogP) is 3.85. The quantitative estimate of drug-likeness (QED) is 0.732. The number of aromatic carboxylic acids is 1. The first-order chi connectivity index (χ1) is 14.5. The van der Waals surface area contributed by atoms with Crippen LogP contribution in [0.25, 0.3) is 0 Å². The molecule has 1 saturated carbocycles. The van der Waals surface area contributed by atoms with Crippen LogP contribution < -0.4 is 0 Å². The molecule has 4 fully saturated rings. The molecule has 1 N–H and O–H groups in total. The largest absolute Gasteiger partial charge is 0.478 e. The highest BCUT2D eigenvalue weighted by molar-refractivity contribution is 5.89. The summed E-state index contributed by atoms with van der Waals surface area (Å²) in [7, 11) is 0. The number of piperidine rings is 1. The summed E-state index contributed by atoms with van der Waals surface area (Å²) in [6.45, 7) is 4.80. The molecule has 30 heavy (non-hydrogen) atoms. The van der Waals surface area contributed by atoms with Gasteiger partial charge in [0.2, 0.25) is 5.91 Å². The normalized spacial score (nSPS) is 27.8. The Labute approximate surface area is 178 Å². The van der Waals surface area contributed by atoms with Gasteiger partial charge < -0.3 is 19.5 Å². The van der Waals surface area contributed by atoms with Crippen molar-refractivity contribution in [2.45, 2.75) is 70.0 Å². The first kappa shape index (κ1) is 21.3. The third-order valence-electron chi connectivity index (χ3n) is 7.23. The zero-order valence-electron chi connectivity index (χ0n) is 17.8. The Hall–Kier alpha value is -1.92. The van der Waals surface area contributed by atoms with Gasteiger partial charge in [-0.05, 0) is 63.0 Å². The number of ether oxygens (including phenoxy) is 2. The molecule has 3 saturated heterocycles. The highest BCUT2D eigenvalue weighted by atomic mass is 16.5. The van der Waals surface area contributed by atoms with Gasteiger partial charge in [0.05, 0.1) is 37.4 Å². The Balaban J connectivity index is 1.24. The number of amides is 1. The summed E-state index contributed by atoms with van der Waals surface area (Å²) in [5, 5.41) is 9.43. The van der Waals surface area contributed by atoms with E-state index in [1.165, 1.54) is 12.8 Å². The van der Waals surface area contributed by atoms with Crippen LogP contribution in [0, 0.1) is 5.41 Å². The van der Waals surface area contributed by atoms with E-state index >= 15 is 0 Å². The number of carboxylic acids is 1. The van der Waals surface area contributed by atoms with Gasteiger partial charge in [0.15, 0.2) is 0 Å². The van der Waals surface area contributed by atoms with Crippen LogP contribution in [0.3, 0.4) is 0 Å². The van der Waals surface area contributed by atoms with Gasteiger partial charge >= 0.3 is 5.97 Å². The SMILES string of the molecule is CC(CC(=O)N1CCC(c2ccccc2C(=O)O)CC1)OCC12CCC(CC1)OC2. The van der Waals surface area contributed by atoms with Crippen molar-refractivity contribution in [2.75, 3.05) is 26.3 Å². The van der Waals surface area contributed by atoms with Crippen molar-refractivity contribution in [2.24, 2.45) is 5.41 Å². The van der Waals surface area contributed by atoms with E-state index in [4.69, 9.17) is 9.47 Å². The first-order valence-corrected chi connectivity index (χ1v) is 11.3. The fraction of sp³-hybridized carbons (Fsp3) is 0.667. The smallest absolute Gasteiger partial charge is 0.335 e. The lowest BCUT2D eigenvalue weighted by Gasteiger charge is -2.46. The maximum absolute atomic E-state index is 12.8. The van der Waals surface area contributed by atoms with Crippen LogP contribution >= 0.6 is 0 Å². The van der Waals surface area contributed by atoms with Crippen molar-refractivity contribution in [3.63, 3.8) is 0 Å². The number of hydrogen-bond acceptors (Lipinski definition) is 4. The summed E-state index contributed by atoms with van der Waals surface area (Å²) in [6.07, 6.45) is 6.96. The van der Waals surface area contributed by atoms with Crippen molar-refractivity contribution in [1.29, 1.82) is 0 Å². The molecule has 1 aromatic rings. The molecule has 5 rings (SSSR count). The summed E-state index contributed by atoms with van der Waals surface area (Å²) >= 11 is 0. The number of rotatable bonds is 7. The Kier molecular flexibility index (Phi) is 6.44. The van der Waals surface area contributed by atoms with Crippen LogP contribution in [0.2, 0.25) is 0 Å². The fourth-order valence-electron chi connectivity index (χ4n) is 5.24. The standard InChI is InChI=1S/C24H33NO5/c1-17(29-15-24-10-6-19(7-11-24)30-16-24)14-22(26)25-12-8-18(9-13-25)20-4-2-3-5-21(20)23(27)28/h2-5,17-19H,6-16H2,1H3,(H,27,28). The first-order valence-electron chi connectivity index (χ1n) is 11.3. The number of benzene rings is 1. The van der Waals surface area contributed by atoms with Crippen molar-refractivity contribution < 1.29 is 24.2 Å². The van der Waals surface area contributed by atoms with Crippen LogP contribution in [0.1, 0.15) is 73.7 Å². The van der Waals surface area contributed by atoms with Gasteiger partial charge in [-0.15, -0.1) is 0 Å². The Morgan fingerprint density at radius 3 is 2.53 bits per heavy atom. The molecule has 1 amide bonds. The molecule has 4 aliphatic rings. The van der Waals surface area contributed by atoms with Crippen molar-refractivity contribution in [1.82, 2.24) is 4.90 Å². The second-order valence-electron chi connectivity index (χ2n) is 9.38. The lowest BCUT2D eigenvalue weighted by Crippen LogP contribution is -2.46. The molecule has 0 radical (unpaired) electrons. The number of carbonyl (C=O) groups excluding carboxylic acids is 1. The minimum atomic E-state index is -0.883. The summed E-state index contributed by atoms with van der Waals surface area (Å²) in [4.78, 5) is 26.2. The molecule has 6 heteroatoms. The maximum atomic E-state index is 12.8. The lowest BCUT2D eigenvalue weighted by atomic mass is 9.72. The van der Waals surface area contributed by atoms with Crippen LogP contribution in [0.5, 0.6) is 0 Å². The highest BCUT2D eigenvalue weighted by Gasteiger charge is 2.42. The number of carbonyl (C=O) groups is 2. The highest BCUT2D eigenvalue weighted by Crippen LogP contribution is 2.43. The minimum absolute atomic E-state index is 0.100. The van der Waals surface area contributed by atoms with E-state index in [9.17, 15) is 14.7 Å². The van der Waals surface area contributed by atoms with E-state index in [0.717, 1.165) is 37.9 Å². The molecule has 1 unspecified atom stereocenters. The predicted molar refractivity (Wildman–Crippen MR) is 113 cm³/mol. The summed E-state index contributed by atoms with van der Waals surface area (Å²) in [5.74, 6) is -0.560. The minimum Gasteiger partial charge on any atom is -0.478 e. The molecular formula is C24H33NO5. The summed E-state index contributed by atoms with van der Waals surface area (Å²) in [5.41, 5.74) is 1.42. The average Bonchev–Trinajstić information content (AvgIpc) is 2.79. The molecular weight excluding hydrogens is 382 g/mol. The van der Waals surface area contributed by atoms with E-state index in [1.54, 1.807) is 12.1 Å². The van der Waals surface area contributed by atoms with E-state index in [0.29, 0.717) is 37.8 Å². The Bertz CT molecular complexity index is 749. The van der Waals surface area contributed by atoms with Crippen LogP contribution in [-0.4, -0.2) is 60.4 Å². The lowest BCUT2D eigenvalue weighted by molar-refractivity contribution is -0.153. The Morgan fingerprint density at radius 2 is 1.90 bits per heavy atom. The van der Waals surface area contributed by atoms with E-state index in [-0.39, 0.29) is 23.3 Å². The van der Waals surface area contributed by atoms with E-state index in [2.05, 4.69) is 0 Å². The Morgan fingerprint density at radius 1 is 1.20 bits per heavy atom. The molecule has 164 valence electrons. The van der Waals surface area contributed by atoms with Gasteiger partial charge in [0.25, 0.3) is 0 Å². The molecule has 1 aromatic carbocycles. The molecule has 1 aliphatic carbocycles. The molecule has 3 heterocycles. The topological polar surface area (TPSA) is 76.1 Å². The number of fused-ring (bicyclic) bond motifs is 3. The second kappa shape index (κ2) is 9.06. The molecule has 6 nitrogen and oxygen atoms in total. The third kappa shape index (κ3) is 4.70. The monoisotopic (exact) mass is 415 g/mol. The van der Waals surface area contributed by atoms with E-state index in [1.807, 2.05) is 24.0 Å². The number of likely N-dealkylation sites (tertiary alicyclic amines) is 1. The molecule has 0 spiro atoms. The molecule has 2 bridgehead atoms. The van der Waals surface area contributed by atoms with Crippen molar-refractivity contribution in [3.8, 4) is 0 Å². The summed E-state index contributed by atoms with van der Waals surface area (Å²) in [6, 6.07) is 7.22. The van der Waals surface area contributed by atoms with Gasteiger partial charge in [-0.3, -0.25) is 4.79 Å². The average molecular weight is 416 g/mol. The second-order valence-corrected chi connectivity index (χ2v) is 9.38. The van der Waals surface area contributed by atoms with Gasteiger partial charge in [-0.2, -0.15) is 0 Å². The third-order valence-corrected chi connectivity index (χ3v) is 7.23. The van der Waals surface area contributed by atoms with Gasteiger partial charge in [0, 0.05) is 18.5 Å². The van der Waals surface area contributed by atoms with Crippen LogP contribution in [0.4, 0.5) is 0 Å². The van der Waals surface area contributed by atoms with Crippen LogP contribution in [0.15, 0.2) is 24.3 Å². The zero-order chi connectivity index (χ0) is 21.1. The van der Waals surface area contributed by atoms with Crippen molar-refractivity contribution >= 4 is 11.9 Å². The van der Waals surface area contributed by atoms with Gasteiger partial charge in [-0.25, -0.2) is 4.79 Å². The number of hydrogen-bond donors (Lipinski definition) is 1. The molecule has 3 aliphatic heterocycles. The van der Waals surface area contributed by atoms with Gasteiger partial charge in [-0.1, -0.05) is 18.2 Å². The fourth-order valence-corrected chi connectivity index (χ4v) is 5.24. The maximum Gasteiger partial charge on any atom is 0.335 e. The van der Waals surface area contributed by atoms with Gasteiger partial charge in [0.1, 0.15) is 0 Å². The van der Waals surface area contributed by atoms with Crippen LogP contribution in [-0.2, 0) is 14.3 Å². The van der Waals surface area contributed by atoms with E-state index < -0.39 is 5.97 Å². The zero-order valence-corrected chi connectivity index (χ0v) is 17.8. The number of nitrogens with zero attached hydrogens (tertiary/aromatic N) is 1.